The summed E-state index contributed by atoms with van der Waals surface area (Å²) in [5, 5.41) is 18.8. The molecule has 0 amide bonds. The summed E-state index contributed by atoms with van der Waals surface area (Å²) >= 11 is 0. The molecular weight excluding hydrogens is 444 g/mol. The molecule has 0 saturated heterocycles. The summed E-state index contributed by atoms with van der Waals surface area (Å²) in [4.78, 5) is 0. The minimum atomic E-state index is 0.265. The van der Waals surface area contributed by atoms with Crippen molar-refractivity contribution in [1.29, 1.82) is 0 Å². The van der Waals surface area contributed by atoms with Gasteiger partial charge in [-0.25, -0.2) is 9.36 Å². The average molecular weight is 479 g/mol. The largest absolute Gasteiger partial charge is 0.506 e. The third-order valence-corrected chi connectivity index (χ3v) is 6.12. The van der Waals surface area contributed by atoms with E-state index in [9.17, 15) is 5.11 Å². The Labute approximate surface area is 213 Å². The molecule has 0 saturated carbocycles. The number of phenolic OH excluding ortho intramolecular Hbond substituents is 1. The van der Waals surface area contributed by atoms with E-state index in [1.165, 1.54) is 22.3 Å². The van der Waals surface area contributed by atoms with Gasteiger partial charge in [-0.1, -0.05) is 47.5 Å². The van der Waals surface area contributed by atoms with Crippen LogP contribution < -0.4 is 0 Å². The molecule has 1 N–H and O–H groups in total. The normalized spacial score (nSPS) is 10.8. The van der Waals surface area contributed by atoms with Gasteiger partial charge < -0.3 is 5.11 Å². The van der Waals surface area contributed by atoms with Crippen LogP contribution in [0, 0.1) is 48.5 Å². The highest BCUT2D eigenvalue weighted by atomic mass is 16.3. The number of hydrogen-bond donors (Lipinski definition) is 1. The fourth-order valence-corrected chi connectivity index (χ4v) is 4.36. The van der Waals surface area contributed by atoms with Crippen molar-refractivity contribution in [2.24, 2.45) is 0 Å². The van der Waals surface area contributed by atoms with Crippen LogP contribution >= 0.6 is 0 Å². The molecule has 2 aromatic heterocycles. The molecule has 0 atom stereocenters. The van der Waals surface area contributed by atoms with Gasteiger partial charge in [-0.05, 0) is 96.0 Å². The molecule has 0 unspecified atom stereocenters. The second-order valence-electron chi connectivity index (χ2n) is 9.56. The van der Waals surface area contributed by atoms with Crippen molar-refractivity contribution >= 4 is 0 Å². The van der Waals surface area contributed by atoms with E-state index in [0.29, 0.717) is 0 Å². The molecule has 5 heteroatoms. The van der Waals surface area contributed by atoms with Crippen LogP contribution in [0.25, 0.3) is 22.5 Å². The van der Waals surface area contributed by atoms with Gasteiger partial charge >= 0.3 is 0 Å². The Balaban J connectivity index is 0.000000179. The minimum Gasteiger partial charge on any atom is -0.506 e. The Kier molecular flexibility index (Phi) is 7.11. The number of benzene rings is 3. The zero-order valence-electron chi connectivity index (χ0n) is 22.2. The minimum absolute atomic E-state index is 0.265. The predicted octanol–water partition coefficient (Wildman–Crippen LogP) is 7.28. The van der Waals surface area contributed by atoms with Crippen LogP contribution in [0.4, 0.5) is 0 Å². The van der Waals surface area contributed by atoms with Crippen LogP contribution in [0.3, 0.4) is 0 Å². The summed E-state index contributed by atoms with van der Waals surface area (Å²) in [6.07, 6.45) is 0. The number of aromatic nitrogens is 4. The van der Waals surface area contributed by atoms with Crippen LogP contribution in [0.2, 0.25) is 0 Å². The maximum atomic E-state index is 9.82. The smallest absolute Gasteiger partial charge is 0.141 e. The monoisotopic (exact) mass is 478 g/mol. The van der Waals surface area contributed by atoms with Crippen molar-refractivity contribution in [2.75, 3.05) is 0 Å². The van der Waals surface area contributed by atoms with E-state index in [-0.39, 0.29) is 5.75 Å². The molecule has 0 aliphatic heterocycles. The Morgan fingerprint density at radius 1 is 0.528 bits per heavy atom. The summed E-state index contributed by atoms with van der Waals surface area (Å²) in [6.45, 7) is 14.2. The first-order chi connectivity index (χ1) is 17.1. The fourth-order valence-electron chi connectivity index (χ4n) is 4.36. The zero-order valence-corrected chi connectivity index (χ0v) is 22.2. The third kappa shape index (κ3) is 5.41. The van der Waals surface area contributed by atoms with Crippen LogP contribution in [-0.4, -0.2) is 24.7 Å². The van der Waals surface area contributed by atoms with Crippen molar-refractivity contribution < 1.29 is 5.11 Å². The summed E-state index contributed by atoms with van der Waals surface area (Å²) in [5.41, 5.74) is 12.1. The summed E-state index contributed by atoms with van der Waals surface area (Å²) in [6, 6.07) is 24.9. The summed E-state index contributed by atoms with van der Waals surface area (Å²) < 4.78 is 3.79. The van der Waals surface area contributed by atoms with Crippen molar-refractivity contribution in [3.63, 3.8) is 0 Å². The van der Waals surface area contributed by atoms with Gasteiger partial charge in [0.15, 0.2) is 0 Å². The van der Waals surface area contributed by atoms with E-state index in [4.69, 9.17) is 0 Å². The Hall–Kier alpha value is -4.12. The quantitative estimate of drug-likeness (QED) is 0.296. The first kappa shape index (κ1) is 25.0. The lowest BCUT2D eigenvalue weighted by Crippen LogP contribution is -2.01. The SMILES string of the molecule is Cc1ccc(-c2cc(C)ccc2-n2nc(C)cc2C)cc1.Cc1ccc(-n2nc(C)cc2C)c(O)c1. The lowest BCUT2D eigenvalue weighted by molar-refractivity contribution is 0.469. The molecule has 0 radical (unpaired) electrons. The fraction of sp³-hybridized carbons (Fsp3) is 0.226. The number of phenols is 1. The predicted molar refractivity (Wildman–Crippen MR) is 147 cm³/mol. The van der Waals surface area contributed by atoms with Crippen LogP contribution in [0.15, 0.2) is 72.8 Å². The summed E-state index contributed by atoms with van der Waals surface area (Å²) in [5.74, 6) is 0.265. The third-order valence-electron chi connectivity index (χ3n) is 6.12. The Morgan fingerprint density at radius 2 is 1.00 bits per heavy atom. The molecule has 184 valence electrons. The van der Waals surface area contributed by atoms with E-state index < -0.39 is 0 Å². The van der Waals surface area contributed by atoms with Crippen LogP contribution in [0.5, 0.6) is 5.75 Å². The number of hydrogen-bond acceptors (Lipinski definition) is 3. The van der Waals surface area contributed by atoms with Gasteiger partial charge in [0.25, 0.3) is 0 Å². The molecule has 0 aliphatic rings. The second kappa shape index (κ2) is 10.2. The van der Waals surface area contributed by atoms with Gasteiger partial charge in [0.1, 0.15) is 11.4 Å². The lowest BCUT2D eigenvalue weighted by Gasteiger charge is -2.13. The van der Waals surface area contributed by atoms with E-state index in [1.807, 2.05) is 50.6 Å². The molecule has 5 aromatic rings. The van der Waals surface area contributed by atoms with Gasteiger partial charge in [0.05, 0.1) is 17.1 Å². The Bertz CT molecular complexity index is 1510. The van der Waals surface area contributed by atoms with E-state index >= 15 is 0 Å². The number of aryl methyl sites for hydroxylation is 7. The van der Waals surface area contributed by atoms with E-state index in [2.05, 4.69) is 79.5 Å². The average Bonchev–Trinajstić information content (AvgIpc) is 3.34. The molecule has 3 aromatic carbocycles. The van der Waals surface area contributed by atoms with Crippen molar-refractivity contribution in [1.82, 2.24) is 19.6 Å². The molecule has 0 bridgehead atoms. The second-order valence-corrected chi connectivity index (χ2v) is 9.56. The first-order valence-corrected chi connectivity index (χ1v) is 12.2. The number of aromatic hydroxyl groups is 1. The molecule has 5 rings (SSSR count). The van der Waals surface area contributed by atoms with Crippen molar-refractivity contribution in [2.45, 2.75) is 48.5 Å². The van der Waals surface area contributed by atoms with Crippen LogP contribution in [0.1, 0.15) is 39.5 Å². The summed E-state index contributed by atoms with van der Waals surface area (Å²) in [7, 11) is 0. The topological polar surface area (TPSA) is 55.9 Å². The molecule has 2 heterocycles. The molecule has 0 aliphatic carbocycles. The standard InChI is InChI=1S/C19H20N2.C12H14N2O/c1-13-5-8-17(9-6-13)18-11-14(2)7-10-19(18)21-16(4)12-15(3)20-21;1-8-4-5-11(12(15)6-8)14-10(3)7-9(2)13-14/h5-12H,1-4H3;4-7,15H,1-3H3. The molecule has 36 heavy (non-hydrogen) atoms. The van der Waals surface area contributed by atoms with Crippen molar-refractivity contribution in [3.05, 3.63) is 112 Å². The molecule has 0 fully saturated rings. The Morgan fingerprint density at radius 3 is 1.50 bits per heavy atom. The van der Waals surface area contributed by atoms with Gasteiger partial charge in [0, 0.05) is 17.0 Å². The maximum Gasteiger partial charge on any atom is 0.141 e. The van der Waals surface area contributed by atoms with Crippen LogP contribution in [-0.2, 0) is 0 Å². The number of nitrogens with zero attached hydrogens (tertiary/aromatic N) is 4. The van der Waals surface area contributed by atoms with E-state index in [1.54, 1.807) is 10.7 Å². The van der Waals surface area contributed by atoms with E-state index in [0.717, 1.165) is 39.7 Å². The van der Waals surface area contributed by atoms with Gasteiger partial charge in [-0.2, -0.15) is 10.2 Å². The van der Waals surface area contributed by atoms with Gasteiger partial charge in [-0.3, -0.25) is 0 Å². The molecule has 5 nitrogen and oxygen atoms in total. The highest BCUT2D eigenvalue weighted by Crippen LogP contribution is 2.29. The highest BCUT2D eigenvalue weighted by Gasteiger charge is 2.11. The molecular formula is C31H34N4O. The zero-order chi connectivity index (χ0) is 26.0. The highest BCUT2D eigenvalue weighted by molar-refractivity contribution is 5.74. The van der Waals surface area contributed by atoms with Gasteiger partial charge in [-0.15, -0.1) is 0 Å². The first-order valence-electron chi connectivity index (χ1n) is 12.2. The molecule has 0 spiro atoms. The maximum absolute atomic E-state index is 9.82. The number of rotatable bonds is 3. The van der Waals surface area contributed by atoms with Crippen molar-refractivity contribution in [3.8, 4) is 28.3 Å². The van der Waals surface area contributed by atoms with Gasteiger partial charge in [0.2, 0.25) is 0 Å². The lowest BCUT2D eigenvalue weighted by atomic mass is 10.0.